The van der Waals surface area contributed by atoms with Gasteiger partial charge in [-0.05, 0) is 51.4 Å². The quantitative estimate of drug-likeness (QED) is 0.0320. The van der Waals surface area contributed by atoms with Gasteiger partial charge in [0.25, 0.3) is 0 Å². The number of carbonyl (C=O) groups is 2. The number of aliphatic hydroxyl groups is 2. The maximum atomic E-state index is 12.5. The molecule has 1 amide bonds. The molecule has 0 aliphatic heterocycles. The van der Waals surface area contributed by atoms with Crippen molar-refractivity contribution in [3.63, 3.8) is 0 Å². The molecule has 0 saturated carbocycles. The van der Waals surface area contributed by atoms with Crippen molar-refractivity contribution in [1.29, 1.82) is 0 Å². The van der Waals surface area contributed by atoms with Gasteiger partial charge in [-0.2, -0.15) is 0 Å². The molecule has 0 rings (SSSR count). The summed E-state index contributed by atoms with van der Waals surface area (Å²) >= 11 is 0. The van der Waals surface area contributed by atoms with Gasteiger partial charge < -0.3 is 20.3 Å². The molecular formula is C74H145NO5. The minimum atomic E-state index is -0.659. The van der Waals surface area contributed by atoms with Gasteiger partial charge in [0.2, 0.25) is 5.91 Å². The number of rotatable bonds is 70. The minimum absolute atomic E-state index is 0.0258. The molecule has 0 aliphatic rings. The molecule has 0 aromatic heterocycles. The molecule has 6 nitrogen and oxygen atoms in total. The highest BCUT2D eigenvalue weighted by Crippen LogP contribution is 2.19. The molecule has 6 heteroatoms. The summed E-state index contributed by atoms with van der Waals surface area (Å²) in [5.74, 6) is -0.00449. The van der Waals surface area contributed by atoms with Crippen molar-refractivity contribution >= 4 is 11.9 Å². The summed E-state index contributed by atoms with van der Waals surface area (Å²) in [4.78, 5) is 24.5. The Morgan fingerprint density at radius 3 is 0.887 bits per heavy atom. The van der Waals surface area contributed by atoms with E-state index in [9.17, 15) is 19.8 Å². The average molecular weight is 1130 g/mol. The summed E-state index contributed by atoms with van der Waals surface area (Å²) in [6, 6.07) is -0.536. The molecule has 2 unspecified atom stereocenters. The van der Waals surface area contributed by atoms with E-state index in [1.807, 2.05) is 0 Å². The highest BCUT2D eigenvalue weighted by atomic mass is 16.5. The number of aliphatic hydroxyl groups excluding tert-OH is 2. The van der Waals surface area contributed by atoms with E-state index in [1.54, 1.807) is 0 Å². The number of allylic oxidation sites excluding steroid dienone is 2. The van der Waals surface area contributed by atoms with Crippen LogP contribution in [0.3, 0.4) is 0 Å². The van der Waals surface area contributed by atoms with Crippen LogP contribution in [-0.4, -0.2) is 47.4 Å². The molecular weight excluding hydrogens is 983 g/mol. The zero-order valence-electron chi connectivity index (χ0n) is 54.6. The van der Waals surface area contributed by atoms with Crippen LogP contribution in [0.1, 0.15) is 425 Å². The molecule has 0 heterocycles. The van der Waals surface area contributed by atoms with Gasteiger partial charge >= 0.3 is 5.97 Å². The molecule has 0 aromatic carbocycles. The molecule has 0 fully saturated rings. The third kappa shape index (κ3) is 65.7. The van der Waals surface area contributed by atoms with E-state index in [0.29, 0.717) is 25.9 Å². The third-order valence-corrected chi connectivity index (χ3v) is 17.6. The Morgan fingerprint density at radius 1 is 0.338 bits per heavy atom. The number of amides is 1. The van der Waals surface area contributed by atoms with Crippen molar-refractivity contribution in [3.05, 3.63) is 12.2 Å². The predicted octanol–water partition coefficient (Wildman–Crippen LogP) is 23.9. The van der Waals surface area contributed by atoms with Gasteiger partial charge in [-0.1, -0.05) is 373 Å². The minimum Gasteiger partial charge on any atom is -0.466 e. The first-order valence-electron chi connectivity index (χ1n) is 36.9. The van der Waals surface area contributed by atoms with E-state index in [-0.39, 0.29) is 18.5 Å². The summed E-state index contributed by atoms with van der Waals surface area (Å²) in [5.41, 5.74) is 0. The Kier molecular flexibility index (Phi) is 68.9. The fourth-order valence-corrected chi connectivity index (χ4v) is 11.9. The van der Waals surface area contributed by atoms with Crippen LogP contribution in [-0.2, 0) is 14.3 Å². The van der Waals surface area contributed by atoms with Crippen LogP contribution in [0.15, 0.2) is 12.2 Å². The fraction of sp³-hybridized carbons (Fsp3) is 0.946. The number of hydrogen-bond acceptors (Lipinski definition) is 5. The first kappa shape index (κ1) is 78.6. The molecule has 0 aromatic rings. The largest absolute Gasteiger partial charge is 0.466 e. The fourth-order valence-electron chi connectivity index (χ4n) is 11.9. The molecule has 0 spiro atoms. The standard InChI is InChI=1S/C74H145NO5/c1-3-5-7-9-11-13-15-16-17-42-45-48-52-56-60-64-68-74(79)80-69-65-61-57-53-49-46-43-40-38-36-34-32-30-28-26-24-22-20-18-19-21-23-25-27-29-31-33-35-37-39-41-44-47-51-55-59-63-67-73(78)75-71(70-76)72(77)66-62-58-54-50-14-12-10-8-6-4-2/h18,20,71-72,76-77H,3-17,19,21-70H2,1-2H3,(H,75,78)/b20-18-. The number of esters is 1. The molecule has 0 aliphatic carbocycles. The summed E-state index contributed by atoms with van der Waals surface area (Å²) in [5, 5.41) is 23.2. The summed E-state index contributed by atoms with van der Waals surface area (Å²) < 4.78 is 5.51. The van der Waals surface area contributed by atoms with Gasteiger partial charge in [-0.25, -0.2) is 0 Å². The van der Waals surface area contributed by atoms with Crippen molar-refractivity contribution in [1.82, 2.24) is 5.32 Å². The Morgan fingerprint density at radius 2 is 0.588 bits per heavy atom. The Labute approximate surface area is 501 Å². The summed E-state index contributed by atoms with van der Waals surface area (Å²) in [6.45, 7) is 4.98. The van der Waals surface area contributed by atoms with E-state index in [1.165, 1.54) is 353 Å². The van der Waals surface area contributed by atoms with Crippen molar-refractivity contribution in [2.45, 2.75) is 437 Å². The van der Waals surface area contributed by atoms with E-state index in [2.05, 4.69) is 31.3 Å². The Hall–Kier alpha value is -1.40. The lowest BCUT2D eigenvalue weighted by molar-refractivity contribution is -0.143. The van der Waals surface area contributed by atoms with E-state index in [4.69, 9.17) is 4.74 Å². The number of carbonyl (C=O) groups excluding carboxylic acids is 2. The zero-order valence-corrected chi connectivity index (χ0v) is 54.6. The molecule has 0 bridgehead atoms. The summed E-state index contributed by atoms with van der Waals surface area (Å²) in [7, 11) is 0. The lowest BCUT2D eigenvalue weighted by Gasteiger charge is -2.22. The highest BCUT2D eigenvalue weighted by Gasteiger charge is 2.20. The first-order chi connectivity index (χ1) is 39.5. The van der Waals surface area contributed by atoms with Crippen LogP contribution in [0.2, 0.25) is 0 Å². The van der Waals surface area contributed by atoms with Crippen molar-refractivity contribution in [2.75, 3.05) is 13.2 Å². The van der Waals surface area contributed by atoms with Crippen LogP contribution >= 0.6 is 0 Å². The SMILES string of the molecule is CCCCCCCCCCCCCCCCCCC(=O)OCCCCCCCCCCCCCCCCCC/C=C\CCCCCCCCCCCCCCCCCCCC(=O)NC(CO)C(O)CCCCCCCCCCCC. The smallest absolute Gasteiger partial charge is 0.305 e. The highest BCUT2D eigenvalue weighted by molar-refractivity contribution is 5.76. The zero-order chi connectivity index (χ0) is 57.8. The van der Waals surface area contributed by atoms with E-state index < -0.39 is 12.1 Å². The van der Waals surface area contributed by atoms with Crippen LogP contribution in [0.5, 0.6) is 0 Å². The molecule has 0 saturated heterocycles. The third-order valence-electron chi connectivity index (χ3n) is 17.6. The number of ether oxygens (including phenoxy) is 1. The Bertz CT molecular complexity index is 1210. The monoisotopic (exact) mass is 1130 g/mol. The predicted molar refractivity (Wildman–Crippen MR) is 352 cm³/mol. The molecule has 0 radical (unpaired) electrons. The number of hydrogen-bond donors (Lipinski definition) is 3. The topological polar surface area (TPSA) is 95.9 Å². The van der Waals surface area contributed by atoms with Crippen LogP contribution < -0.4 is 5.32 Å². The van der Waals surface area contributed by atoms with Crippen LogP contribution in [0, 0.1) is 0 Å². The summed E-state index contributed by atoms with van der Waals surface area (Å²) in [6.07, 6.45) is 87.3. The van der Waals surface area contributed by atoms with Crippen molar-refractivity contribution in [3.8, 4) is 0 Å². The average Bonchev–Trinajstić information content (AvgIpc) is 3.46. The lowest BCUT2D eigenvalue weighted by atomic mass is 10.0. The molecule has 3 N–H and O–H groups in total. The second kappa shape index (κ2) is 70.1. The molecule has 476 valence electrons. The molecule has 80 heavy (non-hydrogen) atoms. The molecule has 2 atom stereocenters. The lowest BCUT2D eigenvalue weighted by Crippen LogP contribution is -2.45. The van der Waals surface area contributed by atoms with Crippen molar-refractivity contribution in [2.24, 2.45) is 0 Å². The van der Waals surface area contributed by atoms with E-state index >= 15 is 0 Å². The normalized spacial score (nSPS) is 12.5. The Balaban J connectivity index is 3.29. The maximum absolute atomic E-state index is 12.5. The van der Waals surface area contributed by atoms with Crippen LogP contribution in [0.25, 0.3) is 0 Å². The number of unbranched alkanes of at least 4 members (excludes halogenated alkanes) is 57. The van der Waals surface area contributed by atoms with Crippen LogP contribution in [0.4, 0.5) is 0 Å². The second-order valence-corrected chi connectivity index (χ2v) is 25.6. The van der Waals surface area contributed by atoms with Gasteiger partial charge in [-0.15, -0.1) is 0 Å². The van der Waals surface area contributed by atoms with Gasteiger partial charge in [0.1, 0.15) is 0 Å². The number of nitrogens with one attached hydrogen (secondary N) is 1. The van der Waals surface area contributed by atoms with Gasteiger partial charge in [0.05, 0.1) is 25.4 Å². The maximum Gasteiger partial charge on any atom is 0.305 e. The van der Waals surface area contributed by atoms with Gasteiger partial charge in [-0.3, -0.25) is 9.59 Å². The van der Waals surface area contributed by atoms with E-state index in [0.717, 1.165) is 38.5 Å². The van der Waals surface area contributed by atoms with Gasteiger partial charge in [0, 0.05) is 12.8 Å². The first-order valence-corrected chi connectivity index (χ1v) is 36.9. The van der Waals surface area contributed by atoms with Gasteiger partial charge in [0.15, 0.2) is 0 Å². The van der Waals surface area contributed by atoms with Crippen molar-refractivity contribution < 1.29 is 24.5 Å². The second-order valence-electron chi connectivity index (χ2n) is 25.6.